The first-order valence-electron chi connectivity index (χ1n) is 4.96. The van der Waals surface area contributed by atoms with E-state index in [9.17, 15) is 9.50 Å². The molecule has 0 aromatic heterocycles. The Morgan fingerprint density at radius 2 is 2.20 bits per heavy atom. The summed E-state index contributed by atoms with van der Waals surface area (Å²) in [6.07, 6.45) is 1.91. The fraction of sp³-hybridized carbons (Fsp3) is 0.455. The van der Waals surface area contributed by atoms with Gasteiger partial charge in [0.05, 0.1) is 10.6 Å². The van der Waals surface area contributed by atoms with Gasteiger partial charge in [-0.05, 0) is 47.3 Å². The van der Waals surface area contributed by atoms with E-state index in [1.165, 1.54) is 12.1 Å². The molecule has 82 valence electrons. The summed E-state index contributed by atoms with van der Waals surface area (Å²) in [5.74, 6) is 0.127. The molecule has 2 nitrogen and oxygen atoms in total. The summed E-state index contributed by atoms with van der Waals surface area (Å²) < 4.78 is 19.2. The third kappa shape index (κ3) is 2.49. The van der Waals surface area contributed by atoms with E-state index in [4.69, 9.17) is 4.74 Å². The molecule has 1 aliphatic rings. The van der Waals surface area contributed by atoms with E-state index in [1.54, 1.807) is 6.07 Å². The van der Waals surface area contributed by atoms with Crippen molar-refractivity contribution in [3.63, 3.8) is 0 Å². The van der Waals surface area contributed by atoms with Crippen LogP contribution in [-0.4, -0.2) is 17.3 Å². The number of hydrogen-bond donors (Lipinski definition) is 1. The molecule has 1 aromatic carbocycles. The van der Waals surface area contributed by atoms with Gasteiger partial charge in [-0.2, -0.15) is 0 Å². The number of rotatable bonds is 2. The second kappa shape index (κ2) is 4.49. The number of aliphatic hydroxyl groups excluding tert-OH is 1. The molecule has 2 rings (SSSR count). The van der Waals surface area contributed by atoms with Gasteiger partial charge in [0.1, 0.15) is 17.7 Å². The second-order valence-electron chi connectivity index (χ2n) is 3.73. The highest BCUT2D eigenvalue weighted by Crippen LogP contribution is 2.30. The molecule has 1 aliphatic carbocycles. The van der Waals surface area contributed by atoms with Gasteiger partial charge in [-0.1, -0.05) is 0 Å². The van der Waals surface area contributed by atoms with Crippen LogP contribution < -0.4 is 4.74 Å². The van der Waals surface area contributed by atoms with Crippen LogP contribution in [0.4, 0.5) is 4.39 Å². The van der Waals surface area contributed by atoms with Gasteiger partial charge in [0, 0.05) is 6.07 Å². The lowest BCUT2D eigenvalue weighted by Gasteiger charge is -2.17. The average molecular weight is 275 g/mol. The molecule has 0 radical (unpaired) electrons. The Labute approximate surface area is 96.2 Å². The van der Waals surface area contributed by atoms with Gasteiger partial charge in [-0.15, -0.1) is 0 Å². The number of hydrogen-bond acceptors (Lipinski definition) is 2. The van der Waals surface area contributed by atoms with Gasteiger partial charge in [0.2, 0.25) is 0 Å². The standard InChI is InChI=1S/C11H12BrFO2/c12-8-5-4-7(13)6-11(8)15-10-3-1-2-9(10)14/h4-6,9-10,14H,1-3H2. The largest absolute Gasteiger partial charge is 0.486 e. The van der Waals surface area contributed by atoms with Crippen molar-refractivity contribution in [2.75, 3.05) is 0 Å². The van der Waals surface area contributed by atoms with E-state index < -0.39 is 6.10 Å². The predicted octanol–water partition coefficient (Wildman–Crippen LogP) is 2.88. The lowest BCUT2D eigenvalue weighted by molar-refractivity contribution is 0.0597. The van der Waals surface area contributed by atoms with Gasteiger partial charge < -0.3 is 9.84 Å². The highest BCUT2D eigenvalue weighted by atomic mass is 79.9. The molecule has 1 saturated carbocycles. The topological polar surface area (TPSA) is 29.5 Å². The quantitative estimate of drug-likeness (QED) is 0.899. The zero-order chi connectivity index (χ0) is 10.8. The molecule has 1 fully saturated rings. The van der Waals surface area contributed by atoms with Gasteiger partial charge in [0.25, 0.3) is 0 Å². The molecule has 0 saturated heterocycles. The molecule has 4 heteroatoms. The third-order valence-electron chi connectivity index (χ3n) is 2.59. The Hall–Kier alpha value is -0.610. The summed E-state index contributed by atoms with van der Waals surface area (Å²) in [5, 5.41) is 9.58. The zero-order valence-corrected chi connectivity index (χ0v) is 9.71. The maximum atomic E-state index is 13.0. The van der Waals surface area contributed by atoms with E-state index in [2.05, 4.69) is 15.9 Å². The molecule has 15 heavy (non-hydrogen) atoms. The third-order valence-corrected chi connectivity index (χ3v) is 3.24. The second-order valence-corrected chi connectivity index (χ2v) is 4.58. The number of halogens is 2. The Morgan fingerprint density at radius 1 is 1.40 bits per heavy atom. The minimum atomic E-state index is -0.430. The Balaban J connectivity index is 2.12. The maximum Gasteiger partial charge on any atom is 0.136 e. The Morgan fingerprint density at radius 3 is 2.87 bits per heavy atom. The summed E-state index contributed by atoms with van der Waals surface area (Å²) in [6.45, 7) is 0. The minimum absolute atomic E-state index is 0.205. The van der Waals surface area contributed by atoms with Gasteiger partial charge in [-0.3, -0.25) is 0 Å². The first kappa shape index (κ1) is 10.9. The van der Waals surface area contributed by atoms with Crippen molar-refractivity contribution in [1.29, 1.82) is 0 Å². The van der Waals surface area contributed by atoms with E-state index in [0.717, 1.165) is 19.3 Å². The van der Waals surface area contributed by atoms with Crippen molar-refractivity contribution in [3.05, 3.63) is 28.5 Å². The van der Waals surface area contributed by atoms with Crippen LogP contribution in [0.1, 0.15) is 19.3 Å². The monoisotopic (exact) mass is 274 g/mol. The van der Waals surface area contributed by atoms with Crippen molar-refractivity contribution >= 4 is 15.9 Å². The highest BCUT2D eigenvalue weighted by Gasteiger charge is 2.27. The minimum Gasteiger partial charge on any atom is -0.486 e. The van der Waals surface area contributed by atoms with E-state index in [1.807, 2.05) is 0 Å². The summed E-state index contributed by atoms with van der Waals surface area (Å²) in [5.41, 5.74) is 0. The number of benzene rings is 1. The molecule has 2 atom stereocenters. The molecule has 1 N–H and O–H groups in total. The van der Waals surface area contributed by atoms with E-state index in [-0.39, 0.29) is 11.9 Å². The summed E-state index contributed by atoms with van der Waals surface area (Å²) in [7, 11) is 0. The molecular formula is C11H12BrFO2. The molecule has 0 amide bonds. The first-order valence-corrected chi connectivity index (χ1v) is 5.76. The molecule has 0 spiro atoms. The van der Waals surface area contributed by atoms with Crippen LogP contribution in [0.15, 0.2) is 22.7 Å². The molecule has 0 bridgehead atoms. The van der Waals surface area contributed by atoms with Crippen LogP contribution in [0.3, 0.4) is 0 Å². The van der Waals surface area contributed by atoms with Crippen molar-refractivity contribution < 1.29 is 14.2 Å². The normalized spacial score (nSPS) is 25.5. The van der Waals surface area contributed by atoms with Crippen molar-refractivity contribution in [3.8, 4) is 5.75 Å². The maximum absolute atomic E-state index is 13.0. The molecule has 0 aliphatic heterocycles. The first-order chi connectivity index (χ1) is 7.16. The zero-order valence-electron chi connectivity index (χ0n) is 8.12. The number of aliphatic hydroxyl groups is 1. The van der Waals surface area contributed by atoms with Crippen LogP contribution >= 0.6 is 15.9 Å². The Kier molecular flexibility index (Phi) is 3.26. The van der Waals surface area contributed by atoms with Gasteiger partial charge in [-0.25, -0.2) is 4.39 Å². The molecule has 0 heterocycles. The van der Waals surface area contributed by atoms with Crippen LogP contribution in [0.5, 0.6) is 5.75 Å². The molecule has 1 aromatic rings. The van der Waals surface area contributed by atoms with Gasteiger partial charge >= 0.3 is 0 Å². The summed E-state index contributed by atoms with van der Waals surface area (Å²) in [4.78, 5) is 0. The number of ether oxygens (including phenoxy) is 1. The van der Waals surface area contributed by atoms with Crippen LogP contribution in [-0.2, 0) is 0 Å². The van der Waals surface area contributed by atoms with Crippen molar-refractivity contribution in [2.45, 2.75) is 31.5 Å². The fourth-order valence-corrected chi connectivity index (χ4v) is 2.11. The molecule has 2 unspecified atom stereocenters. The Bertz CT molecular complexity index is 356. The van der Waals surface area contributed by atoms with Crippen LogP contribution in [0, 0.1) is 5.82 Å². The predicted molar refractivity (Wildman–Crippen MR) is 58.4 cm³/mol. The van der Waals surface area contributed by atoms with Gasteiger partial charge in [0.15, 0.2) is 0 Å². The van der Waals surface area contributed by atoms with E-state index >= 15 is 0 Å². The fourth-order valence-electron chi connectivity index (χ4n) is 1.77. The van der Waals surface area contributed by atoms with E-state index in [0.29, 0.717) is 10.2 Å². The van der Waals surface area contributed by atoms with Crippen LogP contribution in [0.2, 0.25) is 0 Å². The smallest absolute Gasteiger partial charge is 0.136 e. The highest BCUT2D eigenvalue weighted by molar-refractivity contribution is 9.10. The van der Waals surface area contributed by atoms with Crippen molar-refractivity contribution in [2.24, 2.45) is 0 Å². The lowest BCUT2D eigenvalue weighted by Crippen LogP contribution is -2.25. The average Bonchev–Trinajstić information content (AvgIpc) is 2.58. The lowest BCUT2D eigenvalue weighted by atomic mass is 10.2. The molecular weight excluding hydrogens is 263 g/mol. The SMILES string of the molecule is OC1CCCC1Oc1cc(F)ccc1Br. The summed E-state index contributed by atoms with van der Waals surface area (Å²) >= 11 is 3.28. The summed E-state index contributed by atoms with van der Waals surface area (Å²) in [6, 6.07) is 4.29. The van der Waals surface area contributed by atoms with Crippen LogP contribution in [0.25, 0.3) is 0 Å². The van der Waals surface area contributed by atoms with Crippen molar-refractivity contribution in [1.82, 2.24) is 0 Å².